The van der Waals surface area contributed by atoms with Crippen molar-refractivity contribution in [1.29, 1.82) is 0 Å². The fraction of sp³-hybridized carbons (Fsp3) is 0.333. The molecule has 0 radical (unpaired) electrons. The van der Waals surface area contributed by atoms with Crippen LogP contribution in [0.2, 0.25) is 0 Å². The van der Waals surface area contributed by atoms with Crippen LogP contribution in [0.4, 0.5) is 0 Å². The van der Waals surface area contributed by atoms with Crippen molar-refractivity contribution < 1.29 is 12.6 Å². The van der Waals surface area contributed by atoms with Crippen LogP contribution >= 0.6 is 0 Å². The van der Waals surface area contributed by atoms with Gasteiger partial charge in [0.25, 0.3) is 10.1 Å². The summed E-state index contributed by atoms with van der Waals surface area (Å²) in [6.07, 6.45) is 2.23. The van der Waals surface area contributed by atoms with Crippen molar-refractivity contribution in [2.45, 2.75) is 43.1 Å². The minimum Gasteiger partial charge on any atom is -0.303 e. The Bertz CT molecular complexity index is 1040. The van der Waals surface area contributed by atoms with Crippen LogP contribution in [-0.2, 0) is 14.3 Å². The van der Waals surface area contributed by atoms with Crippen LogP contribution in [0.3, 0.4) is 0 Å². The average molecular weight is 450 g/mol. The molecule has 3 aromatic rings. The summed E-state index contributed by atoms with van der Waals surface area (Å²) in [5.41, 5.74) is 3.70. The van der Waals surface area contributed by atoms with Gasteiger partial charge in [-0.15, -0.1) is 0 Å². The first-order valence-electron chi connectivity index (χ1n) is 11.3. The minimum absolute atomic E-state index is 0.235. The van der Waals surface area contributed by atoms with Gasteiger partial charge in [0.15, 0.2) is 0 Å². The maximum Gasteiger partial charge on any atom is 0.297 e. The monoisotopic (exact) mass is 449 g/mol. The second-order valence-corrected chi connectivity index (χ2v) is 10.1. The van der Waals surface area contributed by atoms with Crippen LogP contribution in [0.15, 0.2) is 89.8 Å². The van der Waals surface area contributed by atoms with Gasteiger partial charge >= 0.3 is 0 Å². The fourth-order valence-electron chi connectivity index (χ4n) is 4.38. The molecule has 4 rings (SSSR count). The summed E-state index contributed by atoms with van der Waals surface area (Å²) >= 11 is 0. The van der Waals surface area contributed by atoms with Gasteiger partial charge < -0.3 is 4.90 Å². The highest BCUT2D eigenvalue weighted by molar-refractivity contribution is 7.86. The first-order chi connectivity index (χ1) is 15.5. The molecule has 4 nitrogen and oxygen atoms in total. The van der Waals surface area contributed by atoms with Gasteiger partial charge in [-0.25, -0.2) is 0 Å². The van der Waals surface area contributed by atoms with Crippen molar-refractivity contribution in [2.24, 2.45) is 0 Å². The highest BCUT2D eigenvalue weighted by Crippen LogP contribution is 2.29. The summed E-state index contributed by atoms with van der Waals surface area (Å²) in [5.74, 6) is 0.355. The number of hydrogen-bond acceptors (Lipinski definition) is 4. The lowest BCUT2D eigenvalue weighted by Crippen LogP contribution is -2.38. The van der Waals surface area contributed by atoms with Crippen molar-refractivity contribution >= 4 is 10.1 Å². The maximum atomic E-state index is 12.6. The molecule has 0 aromatic heterocycles. The van der Waals surface area contributed by atoms with E-state index in [0.29, 0.717) is 5.92 Å². The van der Waals surface area contributed by atoms with Gasteiger partial charge in [0.05, 0.1) is 11.0 Å². The molecule has 3 aromatic carbocycles. The molecule has 0 amide bonds. The predicted molar refractivity (Wildman–Crippen MR) is 128 cm³/mol. The number of rotatable bonds is 8. The molecule has 5 heteroatoms. The molecule has 1 fully saturated rings. The molecule has 0 atom stereocenters. The zero-order valence-electron chi connectivity index (χ0n) is 18.6. The summed E-state index contributed by atoms with van der Waals surface area (Å²) in [5, 5.41) is 0. The van der Waals surface area contributed by atoms with Crippen LogP contribution < -0.4 is 0 Å². The summed E-state index contributed by atoms with van der Waals surface area (Å²) in [4.78, 5) is 2.66. The molecule has 1 heterocycles. The largest absolute Gasteiger partial charge is 0.303 e. The number of nitrogens with zero attached hydrogens (tertiary/aromatic N) is 1. The number of aryl methyl sites for hydroxylation is 1. The van der Waals surface area contributed by atoms with E-state index in [4.69, 9.17) is 4.18 Å². The van der Waals surface area contributed by atoms with Crippen LogP contribution in [0.1, 0.15) is 41.9 Å². The van der Waals surface area contributed by atoms with Crippen molar-refractivity contribution in [3.05, 3.63) is 102 Å². The van der Waals surface area contributed by atoms with Crippen LogP contribution in [0, 0.1) is 6.92 Å². The van der Waals surface area contributed by atoms with Crippen molar-refractivity contribution in [1.82, 2.24) is 4.90 Å². The lowest BCUT2D eigenvalue weighted by Gasteiger charge is -2.32. The van der Waals surface area contributed by atoms with Gasteiger partial charge in [-0.05, 0) is 56.0 Å². The van der Waals surface area contributed by atoms with Gasteiger partial charge in [0, 0.05) is 19.0 Å². The molecular weight excluding hydrogens is 418 g/mol. The minimum atomic E-state index is -3.71. The Morgan fingerprint density at radius 3 is 1.91 bits per heavy atom. The third-order valence-electron chi connectivity index (χ3n) is 6.24. The molecular formula is C27H31NO3S. The van der Waals surface area contributed by atoms with E-state index < -0.39 is 10.1 Å². The normalized spacial score (nSPS) is 15.8. The molecule has 168 valence electrons. The number of piperidine rings is 1. The average Bonchev–Trinajstić information content (AvgIpc) is 2.82. The highest BCUT2D eigenvalue weighted by Gasteiger charge is 2.26. The molecule has 1 saturated heterocycles. The third kappa shape index (κ3) is 5.85. The Labute approximate surface area is 192 Å². The van der Waals surface area contributed by atoms with E-state index in [-0.39, 0.29) is 11.0 Å². The van der Waals surface area contributed by atoms with Crippen LogP contribution in [-0.4, -0.2) is 39.1 Å². The SMILES string of the molecule is Cc1ccc(S(=O)(=O)OC2CCN(CCC(c3ccccc3)c3ccccc3)CC2)cc1. The Morgan fingerprint density at radius 1 is 0.844 bits per heavy atom. The number of benzene rings is 3. The zero-order valence-corrected chi connectivity index (χ0v) is 19.4. The van der Waals surface area contributed by atoms with Crippen LogP contribution in [0.5, 0.6) is 0 Å². The summed E-state index contributed by atoms with van der Waals surface area (Å²) < 4.78 is 30.7. The molecule has 1 aliphatic rings. The van der Waals surface area contributed by atoms with Gasteiger partial charge in [0.2, 0.25) is 0 Å². The van der Waals surface area contributed by atoms with Gasteiger partial charge in [-0.1, -0.05) is 78.4 Å². The van der Waals surface area contributed by atoms with E-state index in [9.17, 15) is 8.42 Å². The third-order valence-corrected chi connectivity index (χ3v) is 7.62. The second kappa shape index (κ2) is 10.4. The van der Waals surface area contributed by atoms with E-state index in [1.54, 1.807) is 24.3 Å². The van der Waals surface area contributed by atoms with E-state index in [1.807, 2.05) is 6.92 Å². The Kier molecular flexibility index (Phi) is 7.40. The van der Waals surface area contributed by atoms with Gasteiger partial charge in [0.1, 0.15) is 0 Å². The van der Waals surface area contributed by atoms with E-state index in [2.05, 4.69) is 65.6 Å². The molecule has 0 spiro atoms. The second-order valence-electron chi connectivity index (χ2n) is 8.57. The molecule has 0 saturated carbocycles. The molecule has 1 aliphatic heterocycles. The number of likely N-dealkylation sites (tertiary alicyclic amines) is 1. The zero-order chi connectivity index (χ0) is 22.4. The summed E-state index contributed by atoms with van der Waals surface area (Å²) in [6, 6.07) is 28.2. The van der Waals surface area contributed by atoms with Crippen molar-refractivity contribution in [3.63, 3.8) is 0 Å². The lowest BCUT2D eigenvalue weighted by atomic mass is 9.88. The fourth-order valence-corrected chi connectivity index (χ4v) is 5.51. The summed E-state index contributed by atoms with van der Waals surface area (Å²) in [7, 11) is -3.71. The molecule has 0 N–H and O–H groups in total. The molecule has 0 unspecified atom stereocenters. The predicted octanol–water partition coefficient (Wildman–Crippen LogP) is 5.39. The Morgan fingerprint density at radius 2 is 1.38 bits per heavy atom. The lowest BCUT2D eigenvalue weighted by molar-refractivity contribution is 0.104. The van der Waals surface area contributed by atoms with Crippen molar-refractivity contribution in [3.8, 4) is 0 Å². The molecule has 0 bridgehead atoms. The smallest absolute Gasteiger partial charge is 0.297 e. The van der Waals surface area contributed by atoms with Gasteiger partial charge in [-0.3, -0.25) is 4.18 Å². The first-order valence-corrected chi connectivity index (χ1v) is 12.7. The van der Waals surface area contributed by atoms with Crippen LogP contribution in [0.25, 0.3) is 0 Å². The molecule has 32 heavy (non-hydrogen) atoms. The Balaban J connectivity index is 1.33. The Hall–Kier alpha value is -2.47. The van der Waals surface area contributed by atoms with E-state index >= 15 is 0 Å². The van der Waals surface area contributed by atoms with E-state index in [0.717, 1.165) is 44.5 Å². The topological polar surface area (TPSA) is 46.6 Å². The standard InChI is InChI=1S/C27H31NO3S/c1-22-12-14-26(15-13-22)32(29,30)31-25-16-19-28(20-17-25)21-18-27(23-8-4-2-5-9-23)24-10-6-3-7-11-24/h2-15,25,27H,16-21H2,1H3. The molecule has 0 aliphatic carbocycles. The van der Waals surface area contributed by atoms with Gasteiger partial charge in [-0.2, -0.15) is 8.42 Å². The first kappa shape index (κ1) is 22.7. The maximum absolute atomic E-state index is 12.6. The van der Waals surface area contributed by atoms with Crippen molar-refractivity contribution in [2.75, 3.05) is 19.6 Å². The summed E-state index contributed by atoms with van der Waals surface area (Å²) in [6.45, 7) is 4.62. The highest BCUT2D eigenvalue weighted by atomic mass is 32.2. The van der Waals surface area contributed by atoms with E-state index in [1.165, 1.54) is 11.1 Å². The quantitative estimate of drug-likeness (QED) is 0.433. The number of hydrogen-bond donors (Lipinski definition) is 0.